The first kappa shape index (κ1) is 7.79. The molecule has 1 rings (SSSR count). The van der Waals surface area contributed by atoms with Crippen molar-refractivity contribution < 1.29 is 4.42 Å². The van der Waals surface area contributed by atoms with Crippen LogP contribution in [0.5, 0.6) is 0 Å². The summed E-state index contributed by atoms with van der Waals surface area (Å²) in [6.45, 7) is 1.81. The van der Waals surface area contributed by atoms with Gasteiger partial charge < -0.3 is 4.42 Å². The predicted octanol–water partition coefficient (Wildman–Crippen LogP) is 2.06. The van der Waals surface area contributed by atoms with Crippen molar-refractivity contribution in [1.82, 2.24) is 4.98 Å². The standard InChI is InChI=1S/C4H4ClNO.ClH/c1-3-2-7-4(5)6-3;/h2H,1H3;1H. The summed E-state index contributed by atoms with van der Waals surface area (Å²) in [6, 6.07) is 0. The zero-order chi connectivity index (χ0) is 5.28. The van der Waals surface area contributed by atoms with Crippen molar-refractivity contribution in [2.45, 2.75) is 6.92 Å². The van der Waals surface area contributed by atoms with E-state index >= 15 is 0 Å². The van der Waals surface area contributed by atoms with E-state index in [2.05, 4.69) is 9.40 Å². The van der Waals surface area contributed by atoms with Crippen LogP contribution in [0.25, 0.3) is 0 Å². The molecule has 0 aromatic carbocycles. The number of aromatic nitrogens is 1. The van der Waals surface area contributed by atoms with Gasteiger partial charge in [-0.3, -0.25) is 0 Å². The lowest BCUT2D eigenvalue weighted by Gasteiger charge is -1.65. The van der Waals surface area contributed by atoms with E-state index in [-0.39, 0.29) is 17.8 Å². The van der Waals surface area contributed by atoms with Gasteiger partial charge in [0.25, 0.3) is 5.35 Å². The first-order chi connectivity index (χ1) is 3.29. The van der Waals surface area contributed by atoms with Crippen LogP contribution in [0.2, 0.25) is 5.35 Å². The highest BCUT2D eigenvalue weighted by atomic mass is 35.5. The van der Waals surface area contributed by atoms with Crippen LogP contribution in [0, 0.1) is 6.92 Å². The SMILES string of the molecule is Cc1coc(Cl)n1.Cl. The molecule has 0 saturated heterocycles. The molecular weight excluding hydrogens is 149 g/mol. The van der Waals surface area contributed by atoms with E-state index in [0.29, 0.717) is 0 Å². The third-order valence-corrected chi connectivity index (χ3v) is 0.765. The van der Waals surface area contributed by atoms with E-state index in [1.165, 1.54) is 6.26 Å². The summed E-state index contributed by atoms with van der Waals surface area (Å²) in [6.07, 6.45) is 1.50. The maximum atomic E-state index is 5.28. The van der Waals surface area contributed by atoms with Gasteiger partial charge in [-0.25, -0.2) is 4.98 Å². The summed E-state index contributed by atoms with van der Waals surface area (Å²) in [5.74, 6) is 0. The van der Waals surface area contributed by atoms with Gasteiger partial charge in [0, 0.05) is 0 Å². The molecule has 0 aliphatic carbocycles. The summed E-state index contributed by atoms with van der Waals surface area (Å²) in [4.78, 5) is 3.71. The number of nitrogens with zero attached hydrogens (tertiary/aromatic N) is 1. The number of hydrogen-bond acceptors (Lipinski definition) is 2. The molecular formula is C4H5Cl2NO. The Hall–Kier alpha value is -0.210. The Morgan fingerprint density at radius 3 is 2.50 bits per heavy atom. The summed E-state index contributed by atoms with van der Waals surface area (Å²) >= 11 is 5.28. The Bertz CT molecular complexity index is 146. The Kier molecular flexibility index (Phi) is 2.87. The molecule has 0 radical (unpaired) electrons. The molecule has 0 spiro atoms. The van der Waals surface area contributed by atoms with Gasteiger partial charge in [0.05, 0.1) is 5.69 Å². The molecule has 0 atom stereocenters. The first-order valence-electron chi connectivity index (χ1n) is 1.86. The maximum Gasteiger partial charge on any atom is 0.292 e. The largest absolute Gasteiger partial charge is 0.436 e. The maximum absolute atomic E-state index is 5.28. The second-order valence-electron chi connectivity index (χ2n) is 1.24. The molecule has 1 heterocycles. The number of oxazole rings is 1. The van der Waals surface area contributed by atoms with Gasteiger partial charge in [-0.15, -0.1) is 12.4 Å². The lowest BCUT2D eigenvalue weighted by molar-refractivity contribution is 0.559. The first-order valence-corrected chi connectivity index (χ1v) is 2.24. The Labute approximate surface area is 58.3 Å². The van der Waals surface area contributed by atoms with Crippen molar-refractivity contribution in [2.24, 2.45) is 0 Å². The number of halogens is 2. The van der Waals surface area contributed by atoms with Crippen LogP contribution in [0.1, 0.15) is 5.69 Å². The molecule has 1 aromatic heterocycles. The van der Waals surface area contributed by atoms with Crippen LogP contribution in [0.4, 0.5) is 0 Å². The molecule has 0 bridgehead atoms. The Morgan fingerprint density at radius 1 is 1.75 bits per heavy atom. The molecule has 8 heavy (non-hydrogen) atoms. The van der Waals surface area contributed by atoms with Gasteiger partial charge in [0.15, 0.2) is 0 Å². The van der Waals surface area contributed by atoms with Gasteiger partial charge >= 0.3 is 0 Å². The topological polar surface area (TPSA) is 26.0 Å². The minimum atomic E-state index is 0. The van der Waals surface area contributed by atoms with E-state index in [0.717, 1.165) is 5.69 Å². The summed E-state index contributed by atoms with van der Waals surface area (Å²) in [7, 11) is 0. The van der Waals surface area contributed by atoms with Crippen LogP contribution in [-0.4, -0.2) is 4.98 Å². The monoisotopic (exact) mass is 153 g/mol. The molecule has 0 N–H and O–H groups in total. The number of aryl methyl sites for hydroxylation is 1. The molecule has 0 aliphatic heterocycles. The average molecular weight is 154 g/mol. The van der Waals surface area contributed by atoms with Crippen molar-refractivity contribution in [3.63, 3.8) is 0 Å². The van der Waals surface area contributed by atoms with Crippen LogP contribution in [-0.2, 0) is 0 Å². The quantitative estimate of drug-likeness (QED) is 0.571. The fourth-order valence-electron chi connectivity index (χ4n) is 0.325. The third-order valence-electron chi connectivity index (χ3n) is 0.591. The van der Waals surface area contributed by atoms with Crippen molar-refractivity contribution in [3.05, 3.63) is 17.3 Å². The van der Waals surface area contributed by atoms with Crippen molar-refractivity contribution in [3.8, 4) is 0 Å². The molecule has 0 amide bonds. The normalized spacial score (nSPS) is 8.25. The molecule has 46 valence electrons. The second kappa shape index (κ2) is 2.95. The summed E-state index contributed by atoms with van der Waals surface area (Å²) in [5, 5.41) is 0.206. The van der Waals surface area contributed by atoms with Gasteiger partial charge in [-0.2, -0.15) is 0 Å². The summed E-state index contributed by atoms with van der Waals surface area (Å²) < 4.78 is 4.62. The van der Waals surface area contributed by atoms with Gasteiger partial charge in [-0.1, -0.05) is 0 Å². The van der Waals surface area contributed by atoms with E-state index in [1.54, 1.807) is 0 Å². The predicted molar refractivity (Wildman–Crippen MR) is 33.5 cm³/mol. The van der Waals surface area contributed by atoms with Gasteiger partial charge in [0.1, 0.15) is 6.26 Å². The second-order valence-corrected chi connectivity index (χ2v) is 1.57. The van der Waals surface area contributed by atoms with E-state index in [4.69, 9.17) is 11.6 Å². The average Bonchev–Trinajstić information content (AvgIpc) is 1.87. The lowest BCUT2D eigenvalue weighted by atomic mass is 10.6. The number of hydrogen-bond donors (Lipinski definition) is 0. The van der Waals surface area contributed by atoms with Crippen LogP contribution in [0.15, 0.2) is 10.7 Å². The van der Waals surface area contributed by atoms with Crippen LogP contribution < -0.4 is 0 Å². The third kappa shape index (κ3) is 1.72. The molecule has 0 fully saturated rings. The van der Waals surface area contributed by atoms with Crippen LogP contribution in [0.3, 0.4) is 0 Å². The van der Waals surface area contributed by atoms with Crippen molar-refractivity contribution in [1.29, 1.82) is 0 Å². The van der Waals surface area contributed by atoms with E-state index < -0.39 is 0 Å². The highest BCUT2D eigenvalue weighted by Gasteiger charge is 1.90. The minimum Gasteiger partial charge on any atom is -0.436 e. The molecule has 0 saturated carbocycles. The zero-order valence-corrected chi connectivity index (χ0v) is 5.79. The Balaban J connectivity index is 0.000000490. The lowest BCUT2D eigenvalue weighted by Crippen LogP contribution is -1.62. The highest BCUT2D eigenvalue weighted by molar-refractivity contribution is 6.27. The fourth-order valence-corrected chi connectivity index (χ4v) is 0.503. The minimum absolute atomic E-state index is 0. The van der Waals surface area contributed by atoms with Gasteiger partial charge in [0.2, 0.25) is 0 Å². The van der Waals surface area contributed by atoms with E-state index in [1.807, 2.05) is 6.92 Å². The number of rotatable bonds is 0. The van der Waals surface area contributed by atoms with Crippen molar-refractivity contribution in [2.75, 3.05) is 0 Å². The Morgan fingerprint density at radius 2 is 2.38 bits per heavy atom. The van der Waals surface area contributed by atoms with Gasteiger partial charge in [-0.05, 0) is 18.5 Å². The smallest absolute Gasteiger partial charge is 0.292 e. The fraction of sp³-hybridized carbons (Fsp3) is 0.250. The molecule has 0 unspecified atom stereocenters. The van der Waals surface area contributed by atoms with E-state index in [9.17, 15) is 0 Å². The zero-order valence-electron chi connectivity index (χ0n) is 4.22. The molecule has 2 nitrogen and oxygen atoms in total. The van der Waals surface area contributed by atoms with Crippen LogP contribution >= 0.6 is 24.0 Å². The highest BCUT2D eigenvalue weighted by Crippen LogP contribution is 2.04. The molecule has 1 aromatic rings. The van der Waals surface area contributed by atoms with Crippen molar-refractivity contribution >= 4 is 24.0 Å². The summed E-state index contributed by atoms with van der Waals surface area (Å²) in [5.41, 5.74) is 0.810. The molecule has 4 heteroatoms. The molecule has 0 aliphatic rings.